The van der Waals surface area contributed by atoms with Crippen molar-refractivity contribution in [1.82, 2.24) is 0 Å². The minimum absolute atomic E-state index is 0.275. The van der Waals surface area contributed by atoms with Crippen LogP contribution in [0.25, 0.3) is 0 Å². The van der Waals surface area contributed by atoms with E-state index in [1.807, 2.05) is 6.07 Å². The van der Waals surface area contributed by atoms with E-state index in [2.05, 4.69) is 6.58 Å². The number of rotatable bonds is 6. The fourth-order valence-corrected chi connectivity index (χ4v) is 1.38. The van der Waals surface area contributed by atoms with E-state index in [9.17, 15) is 4.39 Å². The lowest BCUT2D eigenvalue weighted by molar-refractivity contribution is 0.320. The summed E-state index contributed by atoms with van der Waals surface area (Å²) in [6.45, 7) is 4.06. The predicted octanol–water partition coefficient (Wildman–Crippen LogP) is 2.17. The molecular formula is C13H15FN2O. The topological polar surface area (TPSA) is 59.0 Å². The van der Waals surface area contributed by atoms with E-state index in [-0.39, 0.29) is 12.2 Å². The van der Waals surface area contributed by atoms with Gasteiger partial charge in [0.15, 0.2) is 0 Å². The molecule has 1 rings (SSSR count). The average molecular weight is 234 g/mol. The summed E-state index contributed by atoms with van der Waals surface area (Å²) in [5.41, 5.74) is 6.14. The van der Waals surface area contributed by atoms with Crippen LogP contribution in [-0.4, -0.2) is 12.6 Å². The van der Waals surface area contributed by atoms with Crippen LogP contribution in [0.3, 0.4) is 0 Å². The maximum Gasteiger partial charge on any atom is 0.123 e. The smallest absolute Gasteiger partial charge is 0.123 e. The Balaban J connectivity index is 2.80. The molecule has 1 aromatic carbocycles. The Morgan fingerprint density at radius 2 is 2.35 bits per heavy atom. The number of hydrogen-bond donors (Lipinski definition) is 1. The highest BCUT2D eigenvalue weighted by molar-refractivity contribution is 5.35. The Morgan fingerprint density at radius 1 is 1.59 bits per heavy atom. The van der Waals surface area contributed by atoms with E-state index in [4.69, 9.17) is 15.7 Å². The van der Waals surface area contributed by atoms with Crippen LogP contribution < -0.4 is 10.5 Å². The van der Waals surface area contributed by atoms with Crippen molar-refractivity contribution in [1.29, 1.82) is 5.26 Å². The Kier molecular flexibility index (Phi) is 5.18. The first-order chi connectivity index (χ1) is 8.17. The van der Waals surface area contributed by atoms with E-state index in [1.54, 1.807) is 12.1 Å². The highest BCUT2D eigenvalue weighted by Crippen LogP contribution is 2.21. The van der Waals surface area contributed by atoms with Crippen LogP contribution in [0.5, 0.6) is 5.75 Å². The van der Waals surface area contributed by atoms with E-state index in [0.717, 1.165) is 0 Å². The fraction of sp³-hybridized carbons (Fsp3) is 0.308. The molecule has 0 amide bonds. The van der Waals surface area contributed by atoms with Crippen LogP contribution in [0, 0.1) is 17.1 Å². The third-order valence-corrected chi connectivity index (χ3v) is 2.21. The van der Waals surface area contributed by atoms with Gasteiger partial charge < -0.3 is 10.5 Å². The molecule has 0 radical (unpaired) electrons. The van der Waals surface area contributed by atoms with Crippen LogP contribution in [0.2, 0.25) is 0 Å². The minimum atomic E-state index is -0.654. The lowest BCUT2D eigenvalue weighted by atomic mass is 10.1. The summed E-state index contributed by atoms with van der Waals surface area (Å²) in [6, 6.07) is 5.48. The Bertz CT molecular complexity index is 426. The molecule has 1 unspecified atom stereocenters. The number of halogens is 1. The molecule has 0 bridgehead atoms. The highest BCUT2D eigenvalue weighted by Gasteiger charge is 2.09. The molecule has 90 valence electrons. The van der Waals surface area contributed by atoms with Gasteiger partial charge in [-0.1, -0.05) is 6.08 Å². The summed E-state index contributed by atoms with van der Waals surface area (Å²) >= 11 is 0. The summed E-state index contributed by atoms with van der Waals surface area (Å²) in [5.74, 6) is 0.208. The molecule has 1 aromatic rings. The second kappa shape index (κ2) is 6.66. The molecule has 1 atom stereocenters. The molecule has 0 spiro atoms. The quantitative estimate of drug-likeness (QED) is 0.606. The fourth-order valence-electron chi connectivity index (χ4n) is 1.38. The summed E-state index contributed by atoms with van der Waals surface area (Å²) in [4.78, 5) is 0. The van der Waals surface area contributed by atoms with Crippen molar-refractivity contribution in [3.8, 4) is 11.8 Å². The van der Waals surface area contributed by atoms with Crippen molar-refractivity contribution in [2.75, 3.05) is 6.61 Å². The van der Waals surface area contributed by atoms with Gasteiger partial charge in [-0.25, -0.2) is 4.39 Å². The van der Waals surface area contributed by atoms with Crippen molar-refractivity contribution in [3.05, 3.63) is 42.2 Å². The molecule has 17 heavy (non-hydrogen) atoms. The van der Waals surface area contributed by atoms with E-state index in [0.29, 0.717) is 24.3 Å². The van der Waals surface area contributed by atoms with Gasteiger partial charge in [0.25, 0.3) is 0 Å². The molecule has 0 aromatic heterocycles. The lowest BCUT2D eigenvalue weighted by Gasteiger charge is -2.11. The van der Waals surface area contributed by atoms with Gasteiger partial charge in [0.2, 0.25) is 0 Å². The number of ether oxygens (including phenoxy) is 1. The first kappa shape index (κ1) is 13.2. The zero-order valence-corrected chi connectivity index (χ0v) is 9.53. The van der Waals surface area contributed by atoms with Crippen molar-refractivity contribution in [2.45, 2.75) is 18.9 Å². The first-order valence-corrected chi connectivity index (χ1v) is 5.34. The third kappa shape index (κ3) is 4.25. The van der Waals surface area contributed by atoms with Gasteiger partial charge in [-0.3, -0.25) is 0 Å². The zero-order valence-electron chi connectivity index (χ0n) is 9.53. The van der Waals surface area contributed by atoms with Gasteiger partial charge in [0.1, 0.15) is 11.6 Å². The minimum Gasteiger partial charge on any atom is -0.493 e. The second-order valence-electron chi connectivity index (χ2n) is 3.62. The lowest BCUT2D eigenvalue weighted by Crippen LogP contribution is -2.20. The van der Waals surface area contributed by atoms with Crippen molar-refractivity contribution in [3.63, 3.8) is 0 Å². The summed E-state index contributed by atoms with van der Waals surface area (Å²) in [6.07, 6.45) is 2.73. The maximum absolute atomic E-state index is 13.1. The molecule has 0 aliphatic rings. The molecule has 0 fully saturated rings. The molecular weight excluding hydrogens is 219 g/mol. The van der Waals surface area contributed by atoms with Crippen molar-refractivity contribution < 1.29 is 9.13 Å². The molecule has 0 aliphatic carbocycles. The van der Waals surface area contributed by atoms with Gasteiger partial charge in [0.05, 0.1) is 18.7 Å². The monoisotopic (exact) mass is 234 g/mol. The van der Waals surface area contributed by atoms with Crippen LogP contribution >= 0.6 is 0 Å². The molecule has 0 saturated carbocycles. The average Bonchev–Trinajstić information content (AvgIpc) is 2.32. The largest absolute Gasteiger partial charge is 0.493 e. The van der Waals surface area contributed by atoms with Crippen LogP contribution in [0.4, 0.5) is 4.39 Å². The maximum atomic E-state index is 13.1. The Hall–Kier alpha value is -1.86. The number of benzene rings is 1. The number of nitriles is 1. The van der Waals surface area contributed by atoms with Crippen molar-refractivity contribution in [2.24, 2.45) is 5.73 Å². The van der Waals surface area contributed by atoms with Crippen LogP contribution in [0.1, 0.15) is 12.0 Å². The van der Waals surface area contributed by atoms with E-state index < -0.39 is 6.04 Å². The van der Waals surface area contributed by atoms with Crippen molar-refractivity contribution >= 4 is 0 Å². The number of nitrogens with two attached hydrogens (primary N) is 1. The first-order valence-electron chi connectivity index (χ1n) is 5.34. The van der Waals surface area contributed by atoms with Gasteiger partial charge in [-0.2, -0.15) is 5.26 Å². The van der Waals surface area contributed by atoms with E-state index >= 15 is 0 Å². The Labute approximate surface area is 100 Å². The van der Waals surface area contributed by atoms with Gasteiger partial charge in [0, 0.05) is 6.42 Å². The predicted molar refractivity (Wildman–Crippen MR) is 64.0 cm³/mol. The zero-order chi connectivity index (χ0) is 12.7. The van der Waals surface area contributed by atoms with Gasteiger partial charge in [-0.15, -0.1) is 6.58 Å². The van der Waals surface area contributed by atoms with Crippen LogP contribution in [-0.2, 0) is 6.42 Å². The second-order valence-corrected chi connectivity index (χ2v) is 3.62. The SMILES string of the molecule is C=CCCOc1ccc(F)cc1CC(N)C#N. The molecule has 0 aliphatic heterocycles. The van der Waals surface area contributed by atoms with Gasteiger partial charge in [-0.05, 0) is 30.2 Å². The normalized spacial score (nSPS) is 11.6. The third-order valence-electron chi connectivity index (χ3n) is 2.21. The molecule has 4 heteroatoms. The Morgan fingerprint density at radius 3 is 3.00 bits per heavy atom. The number of nitrogens with zero attached hydrogens (tertiary/aromatic N) is 1. The van der Waals surface area contributed by atoms with E-state index in [1.165, 1.54) is 12.1 Å². The standard InChI is InChI=1S/C13H15FN2O/c1-2-3-6-17-13-5-4-11(14)7-10(13)8-12(16)9-15/h2,4-5,7,12H,1,3,6,8,16H2. The molecule has 3 nitrogen and oxygen atoms in total. The molecule has 0 heterocycles. The highest BCUT2D eigenvalue weighted by atomic mass is 19.1. The summed E-state index contributed by atoms with van der Waals surface area (Å²) in [5, 5.41) is 8.65. The summed E-state index contributed by atoms with van der Waals surface area (Å²) in [7, 11) is 0. The molecule has 2 N–H and O–H groups in total. The summed E-state index contributed by atoms with van der Waals surface area (Å²) < 4.78 is 18.6. The van der Waals surface area contributed by atoms with Crippen LogP contribution in [0.15, 0.2) is 30.9 Å². The molecule has 0 saturated heterocycles. The number of hydrogen-bond acceptors (Lipinski definition) is 3. The van der Waals surface area contributed by atoms with Gasteiger partial charge >= 0.3 is 0 Å².